The van der Waals surface area contributed by atoms with Gasteiger partial charge in [-0.25, -0.2) is 0 Å². The number of aliphatic hydroxyl groups is 5. The van der Waals surface area contributed by atoms with Crippen LogP contribution in [-0.4, -0.2) is 68.4 Å². The molecular formula is C22H43NO7. The van der Waals surface area contributed by atoms with Crippen LogP contribution in [0.2, 0.25) is 0 Å². The molecule has 1 fully saturated rings. The van der Waals surface area contributed by atoms with Crippen molar-refractivity contribution in [1.29, 1.82) is 0 Å². The number of carbonyl (C=O) groups excluding carboxylic acids is 1. The predicted octanol–water partition coefficient (Wildman–Crippen LogP) is 1.70. The van der Waals surface area contributed by atoms with Crippen LogP contribution in [0.1, 0.15) is 96.8 Å². The first-order valence-corrected chi connectivity index (χ1v) is 11.7. The van der Waals surface area contributed by atoms with Crippen molar-refractivity contribution < 1.29 is 35.1 Å². The molecule has 0 aromatic rings. The van der Waals surface area contributed by atoms with E-state index in [1.807, 2.05) is 0 Å². The minimum Gasteiger partial charge on any atom is -0.394 e. The highest BCUT2D eigenvalue weighted by Crippen LogP contribution is 2.26. The Bertz CT molecular complexity index is 463. The van der Waals surface area contributed by atoms with E-state index in [9.17, 15) is 25.2 Å². The third-order valence-corrected chi connectivity index (χ3v) is 5.79. The van der Waals surface area contributed by atoms with Gasteiger partial charge in [-0.1, -0.05) is 84.0 Å². The molecule has 1 aliphatic heterocycles. The van der Waals surface area contributed by atoms with E-state index >= 15 is 0 Å². The zero-order valence-corrected chi connectivity index (χ0v) is 18.5. The fraction of sp³-hybridized carbons (Fsp3) is 0.955. The lowest BCUT2D eigenvalue weighted by Gasteiger charge is -2.45. The second-order valence-corrected chi connectivity index (χ2v) is 8.50. The van der Waals surface area contributed by atoms with Crippen LogP contribution in [0.25, 0.3) is 0 Å². The van der Waals surface area contributed by atoms with Crippen molar-refractivity contribution >= 4 is 5.91 Å². The molecule has 0 bridgehead atoms. The summed E-state index contributed by atoms with van der Waals surface area (Å²) in [6, 6.07) is 0. The van der Waals surface area contributed by atoms with Crippen LogP contribution in [0.5, 0.6) is 0 Å². The van der Waals surface area contributed by atoms with Crippen LogP contribution < -0.4 is 5.32 Å². The number of hydrogen-bond acceptors (Lipinski definition) is 7. The molecular weight excluding hydrogens is 390 g/mol. The highest BCUT2D eigenvalue weighted by molar-refractivity contribution is 5.76. The molecule has 0 unspecified atom stereocenters. The number of hydrogen-bond donors (Lipinski definition) is 6. The average molecular weight is 434 g/mol. The maximum Gasteiger partial charge on any atom is 0.279 e. The summed E-state index contributed by atoms with van der Waals surface area (Å²) in [5.74, 6) is -3.07. The number of nitrogens with one attached hydrogen (secondary N) is 1. The van der Waals surface area contributed by atoms with Gasteiger partial charge < -0.3 is 35.6 Å². The molecule has 1 saturated heterocycles. The first-order chi connectivity index (χ1) is 14.4. The van der Waals surface area contributed by atoms with Crippen LogP contribution in [0.15, 0.2) is 0 Å². The minimum absolute atomic E-state index is 0.151. The van der Waals surface area contributed by atoms with Crippen LogP contribution in [0.3, 0.4) is 0 Å². The van der Waals surface area contributed by atoms with Crippen molar-refractivity contribution in [3.63, 3.8) is 0 Å². The molecule has 0 aliphatic carbocycles. The summed E-state index contributed by atoms with van der Waals surface area (Å²) < 4.78 is 5.02. The largest absolute Gasteiger partial charge is 0.394 e. The van der Waals surface area contributed by atoms with Gasteiger partial charge in [0, 0.05) is 6.42 Å². The van der Waals surface area contributed by atoms with E-state index in [0.29, 0.717) is 6.42 Å². The standard InChI is InChI=1S/C22H43NO7/c1-2-3-4-5-6-7-8-9-10-11-12-13-14-15-18(25)23-22(29)21(28)20(27)19(26)17(16-24)30-22/h17,19-21,24,26-29H,2-16H2,1H3,(H,23,25)/t17-,19-,20+,21-,22+/m1/s1. The second kappa shape index (κ2) is 15.1. The molecule has 6 N–H and O–H groups in total. The van der Waals surface area contributed by atoms with E-state index in [4.69, 9.17) is 9.84 Å². The molecule has 0 aromatic heterocycles. The lowest BCUT2D eigenvalue weighted by atomic mass is 9.96. The molecule has 30 heavy (non-hydrogen) atoms. The van der Waals surface area contributed by atoms with E-state index in [1.165, 1.54) is 57.8 Å². The molecule has 0 radical (unpaired) electrons. The van der Waals surface area contributed by atoms with Crippen LogP contribution in [-0.2, 0) is 9.53 Å². The highest BCUT2D eigenvalue weighted by atomic mass is 16.7. The molecule has 5 atom stereocenters. The van der Waals surface area contributed by atoms with E-state index in [1.54, 1.807) is 0 Å². The Morgan fingerprint density at radius 2 is 1.30 bits per heavy atom. The van der Waals surface area contributed by atoms with Gasteiger partial charge in [-0.05, 0) is 6.42 Å². The van der Waals surface area contributed by atoms with E-state index in [2.05, 4.69) is 12.2 Å². The molecule has 8 heteroatoms. The summed E-state index contributed by atoms with van der Waals surface area (Å²) in [5.41, 5.74) is 0. The Kier molecular flexibility index (Phi) is 13.7. The SMILES string of the molecule is CCCCCCCCCCCCCCCC(=O)N[C@@]1(O)O[C@H](CO)[C@@H](O)[C@H](O)[C@H]1O. The molecule has 0 aromatic carbocycles. The third-order valence-electron chi connectivity index (χ3n) is 5.79. The number of unbranched alkanes of at least 4 members (excludes halogenated alkanes) is 12. The van der Waals surface area contributed by atoms with Gasteiger partial charge in [0.15, 0.2) is 6.10 Å². The van der Waals surface area contributed by atoms with Gasteiger partial charge >= 0.3 is 0 Å². The number of aliphatic hydroxyl groups excluding tert-OH is 4. The maximum atomic E-state index is 12.1. The highest BCUT2D eigenvalue weighted by Gasteiger charge is 2.53. The first kappa shape index (κ1) is 27.3. The van der Waals surface area contributed by atoms with Crippen LogP contribution in [0.4, 0.5) is 0 Å². The summed E-state index contributed by atoms with van der Waals surface area (Å²) in [5, 5.41) is 51.1. The summed E-state index contributed by atoms with van der Waals surface area (Å²) in [6.45, 7) is 1.55. The van der Waals surface area contributed by atoms with E-state index in [0.717, 1.165) is 19.3 Å². The normalized spacial score (nSPS) is 29.1. The molecule has 0 saturated carbocycles. The Morgan fingerprint density at radius 1 is 0.833 bits per heavy atom. The summed E-state index contributed by atoms with van der Waals surface area (Å²) in [4.78, 5) is 12.1. The van der Waals surface area contributed by atoms with Gasteiger partial charge in [0.25, 0.3) is 5.91 Å². The van der Waals surface area contributed by atoms with Crippen molar-refractivity contribution in [3.05, 3.63) is 0 Å². The van der Waals surface area contributed by atoms with Gasteiger partial charge in [0.05, 0.1) is 6.61 Å². The molecule has 0 spiro atoms. The lowest BCUT2D eigenvalue weighted by molar-refractivity contribution is -0.358. The molecule has 1 amide bonds. The van der Waals surface area contributed by atoms with E-state index in [-0.39, 0.29) is 6.42 Å². The van der Waals surface area contributed by atoms with Crippen LogP contribution >= 0.6 is 0 Å². The van der Waals surface area contributed by atoms with Gasteiger partial charge in [-0.3, -0.25) is 4.79 Å². The maximum absolute atomic E-state index is 12.1. The molecule has 178 valence electrons. The first-order valence-electron chi connectivity index (χ1n) is 11.7. The van der Waals surface area contributed by atoms with Gasteiger partial charge in [-0.15, -0.1) is 0 Å². The fourth-order valence-corrected chi connectivity index (χ4v) is 3.82. The summed E-state index contributed by atoms with van der Waals surface area (Å²) >= 11 is 0. The number of ether oxygens (including phenoxy) is 1. The number of rotatable bonds is 16. The van der Waals surface area contributed by atoms with Crippen molar-refractivity contribution in [3.8, 4) is 0 Å². The van der Waals surface area contributed by atoms with Crippen molar-refractivity contribution in [2.75, 3.05) is 6.61 Å². The van der Waals surface area contributed by atoms with Gasteiger partial charge in [0.2, 0.25) is 5.91 Å². The smallest absolute Gasteiger partial charge is 0.279 e. The monoisotopic (exact) mass is 433 g/mol. The van der Waals surface area contributed by atoms with Crippen molar-refractivity contribution in [2.45, 2.75) is 127 Å². The Balaban J connectivity index is 2.09. The zero-order valence-electron chi connectivity index (χ0n) is 18.5. The number of amides is 1. The Labute approximate surface area is 180 Å². The zero-order chi connectivity index (χ0) is 22.4. The quantitative estimate of drug-likeness (QED) is 0.161. The number of carbonyl (C=O) groups is 1. The molecule has 1 heterocycles. The van der Waals surface area contributed by atoms with Crippen LogP contribution in [0, 0.1) is 0 Å². The Hall–Kier alpha value is -0.770. The molecule has 1 rings (SSSR count). The van der Waals surface area contributed by atoms with Gasteiger partial charge in [-0.2, -0.15) is 0 Å². The third kappa shape index (κ3) is 9.58. The predicted molar refractivity (Wildman–Crippen MR) is 113 cm³/mol. The molecule has 1 aliphatic rings. The summed E-state index contributed by atoms with van der Waals surface area (Å²) in [6.07, 6.45) is 9.10. The topological polar surface area (TPSA) is 139 Å². The summed E-state index contributed by atoms with van der Waals surface area (Å²) in [7, 11) is 0. The molecule has 8 nitrogen and oxygen atoms in total. The second-order valence-electron chi connectivity index (χ2n) is 8.50. The van der Waals surface area contributed by atoms with Crippen molar-refractivity contribution in [2.24, 2.45) is 0 Å². The average Bonchev–Trinajstić information content (AvgIpc) is 2.72. The van der Waals surface area contributed by atoms with E-state index < -0.39 is 42.8 Å². The van der Waals surface area contributed by atoms with Gasteiger partial charge in [0.1, 0.15) is 18.3 Å². The Morgan fingerprint density at radius 3 is 1.77 bits per heavy atom. The minimum atomic E-state index is -2.54. The lowest BCUT2D eigenvalue weighted by Crippen LogP contribution is -2.71. The fourth-order valence-electron chi connectivity index (χ4n) is 3.82. The van der Waals surface area contributed by atoms with Crippen molar-refractivity contribution in [1.82, 2.24) is 5.32 Å².